The van der Waals surface area contributed by atoms with Gasteiger partial charge in [0.2, 0.25) is 0 Å². The summed E-state index contributed by atoms with van der Waals surface area (Å²) in [7, 11) is 1.79. The van der Waals surface area contributed by atoms with Crippen LogP contribution in [0, 0.1) is 0 Å². The van der Waals surface area contributed by atoms with Crippen molar-refractivity contribution in [3.63, 3.8) is 0 Å². The first-order valence-corrected chi connectivity index (χ1v) is 5.94. The second-order valence-corrected chi connectivity index (χ2v) is 4.41. The molecule has 100 valence electrons. The molecule has 1 aromatic heterocycles. The summed E-state index contributed by atoms with van der Waals surface area (Å²) in [5, 5.41) is 9.17. The van der Waals surface area contributed by atoms with E-state index >= 15 is 0 Å². The Bertz CT molecular complexity index is 651. The van der Waals surface area contributed by atoms with Crippen LogP contribution in [0.1, 0.15) is 12.2 Å². The van der Waals surface area contributed by atoms with Crippen molar-refractivity contribution >= 4 is 16.9 Å². The van der Waals surface area contributed by atoms with Gasteiger partial charge in [0.15, 0.2) is 0 Å². The normalized spacial score (nSPS) is 11.1. The van der Waals surface area contributed by atoms with E-state index in [-0.39, 0.29) is 12.0 Å². The van der Waals surface area contributed by atoms with Crippen molar-refractivity contribution < 1.29 is 9.90 Å². The number of hydrogen-bond acceptors (Lipinski definition) is 4. The van der Waals surface area contributed by atoms with Gasteiger partial charge in [-0.3, -0.25) is 14.5 Å². The molecule has 6 heteroatoms. The number of carboxylic acids is 1. The number of nitrogens with zero attached hydrogens (tertiary/aromatic N) is 2. The number of H-pyrrole nitrogens is 1. The van der Waals surface area contributed by atoms with Crippen LogP contribution in [0.5, 0.6) is 0 Å². The highest BCUT2D eigenvalue weighted by Crippen LogP contribution is 2.06. The number of nitrogens with one attached hydrogen (secondary N) is 1. The van der Waals surface area contributed by atoms with Crippen molar-refractivity contribution in [1.29, 1.82) is 0 Å². The number of fused-ring (bicyclic) bond motifs is 1. The molecule has 0 saturated carbocycles. The molecule has 0 radical (unpaired) electrons. The van der Waals surface area contributed by atoms with E-state index < -0.39 is 5.97 Å². The number of rotatable bonds is 5. The highest BCUT2D eigenvalue weighted by molar-refractivity contribution is 5.77. The van der Waals surface area contributed by atoms with Gasteiger partial charge in [-0.1, -0.05) is 12.1 Å². The van der Waals surface area contributed by atoms with Gasteiger partial charge < -0.3 is 10.1 Å². The van der Waals surface area contributed by atoms with Crippen LogP contribution in [0.25, 0.3) is 10.9 Å². The Hall–Kier alpha value is -2.21. The number of carboxylic acid groups (broad SMARTS) is 1. The van der Waals surface area contributed by atoms with E-state index in [0.717, 1.165) is 0 Å². The first kappa shape index (κ1) is 13.2. The van der Waals surface area contributed by atoms with E-state index in [1.807, 2.05) is 6.07 Å². The number of hydrogen-bond donors (Lipinski definition) is 2. The van der Waals surface area contributed by atoms with Crippen LogP contribution >= 0.6 is 0 Å². The quantitative estimate of drug-likeness (QED) is 0.832. The van der Waals surface area contributed by atoms with Gasteiger partial charge >= 0.3 is 5.97 Å². The van der Waals surface area contributed by atoms with Gasteiger partial charge in [-0.2, -0.15) is 0 Å². The summed E-state index contributed by atoms with van der Waals surface area (Å²) in [5.41, 5.74) is 0.472. The minimum absolute atomic E-state index is 0.0638. The van der Waals surface area contributed by atoms with E-state index in [2.05, 4.69) is 9.97 Å². The van der Waals surface area contributed by atoms with Crippen LogP contribution in [0.4, 0.5) is 0 Å². The lowest BCUT2D eigenvalue weighted by atomic mass is 10.2. The summed E-state index contributed by atoms with van der Waals surface area (Å²) in [6, 6.07) is 7.12. The second-order valence-electron chi connectivity index (χ2n) is 4.41. The first-order valence-electron chi connectivity index (χ1n) is 5.94. The van der Waals surface area contributed by atoms with E-state index in [4.69, 9.17) is 5.11 Å². The molecular weight excluding hydrogens is 246 g/mol. The highest BCUT2D eigenvalue weighted by atomic mass is 16.4. The molecule has 2 aromatic rings. The van der Waals surface area contributed by atoms with Crippen LogP contribution in [-0.2, 0) is 11.3 Å². The summed E-state index contributed by atoms with van der Waals surface area (Å²) in [4.78, 5) is 31.2. The zero-order valence-electron chi connectivity index (χ0n) is 10.6. The molecule has 2 rings (SSSR count). The molecular formula is C13H15N3O3. The Labute approximate surface area is 109 Å². The Morgan fingerprint density at radius 1 is 1.42 bits per heavy atom. The van der Waals surface area contributed by atoms with Crippen LogP contribution < -0.4 is 5.56 Å². The molecule has 0 spiro atoms. The van der Waals surface area contributed by atoms with Crippen LogP contribution in [-0.4, -0.2) is 39.5 Å². The van der Waals surface area contributed by atoms with Crippen molar-refractivity contribution in [3.8, 4) is 0 Å². The van der Waals surface area contributed by atoms with Gasteiger partial charge in [-0.25, -0.2) is 4.98 Å². The predicted octanol–water partition coefficient (Wildman–Crippen LogP) is 0.830. The molecule has 0 amide bonds. The van der Waals surface area contributed by atoms with Crippen molar-refractivity contribution in [2.75, 3.05) is 13.6 Å². The minimum Gasteiger partial charge on any atom is -0.481 e. The van der Waals surface area contributed by atoms with Gasteiger partial charge in [0.05, 0.1) is 23.9 Å². The molecule has 0 aliphatic heterocycles. The van der Waals surface area contributed by atoms with Gasteiger partial charge in [0, 0.05) is 6.54 Å². The smallest absolute Gasteiger partial charge is 0.304 e. The lowest BCUT2D eigenvalue weighted by molar-refractivity contribution is -0.137. The van der Waals surface area contributed by atoms with Crippen LogP contribution in [0.3, 0.4) is 0 Å². The topological polar surface area (TPSA) is 86.3 Å². The summed E-state index contributed by atoms with van der Waals surface area (Å²) >= 11 is 0. The van der Waals surface area contributed by atoms with Crippen molar-refractivity contribution in [2.24, 2.45) is 0 Å². The maximum Gasteiger partial charge on any atom is 0.304 e. The van der Waals surface area contributed by atoms with Crippen LogP contribution in [0.15, 0.2) is 29.1 Å². The fourth-order valence-electron chi connectivity index (χ4n) is 1.83. The lowest BCUT2D eigenvalue weighted by Crippen LogP contribution is -2.24. The molecule has 0 fully saturated rings. The highest BCUT2D eigenvalue weighted by Gasteiger charge is 2.07. The number of carbonyl (C=O) groups is 1. The number of aliphatic carboxylic acids is 1. The molecule has 19 heavy (non-hydrogen) atoms. The van der Waals surface area contributed by atoms with E-state index in [1.165, 1.54) is 0 Å². The van der Waals surface area contributed by atoms with E-state index in [1.54, 1.807) is 30.1 Å². The molecule has 0 saturated heterocycles. The third-order valence-corrected chi connectivity index (χ3v) is 2.79. The van der Waals surface area contributed by atoms with E-state index in [0.29, 0.717) is 29.8 Å². The third kappa shape index (κ3) is 3.38. The van der Waals surface area contributed by atoms with Crippen LogP contribution in [0.2, 0.25) is 0 Å². The fourth-order valence-corrected chi connectivity index (χ4v) is 1.83. The lowest BCUT2D eigenvalue weighted by Gasteiger charge is -2.14. The number of aromatic nitrogens is 2. The van der Waals surface area contributed by atoms with Gasteiger partial charge in [-0.15, -0.1) is 0 Å². The average Bonchev–Trinajstić information content (AvgIpc) is 2.36. The Morgan fingerprint density at radius 2 is 2.16 bits per heavy atom. The molecule has 0 aliphatic rings. The zero-order chi connectivity index (χ0) is 13.8. The van der Waals surface area contributed by atoms with Crippen molar-refractivity contribution in [2.45, 2.75) is 13.0 Å². The molecule has 6 nitrogen and oxygen atoms in total. The van der Waals surface area contributed by atoms with Gasteiger partial charge in [0.25, 0.3) is 5.56 Å². The second kappa shape index (κ2) is 5.62. The largest absolute Gasteiger partial charge is 0.481 e. The fraction of sp³-hybridized carbons (Fsp3) is 0.308. The summed E-state index contributed by atoms with van der Waals surface area (Å²) < 4.78 is 0. The van der Waals surface area contributed by atoms with Crippen molar-refractivity contribution in [1.82, 2.24) is 14.9 Å². The predicted molar refractivity (Wildman–Crippen MR) is 71.0 cm³/mol. The molecule has 2 N–H and O–H groups in total. The number of para-hydroxylation sites is 1. The molecule has 0 unspecified atom stereocenters. The summed E-state index contributed by atoms with van der Waals surface area (Å²) in [5.74, 6) is -0.302. The molecule has 0 atom stereocenters. The standard InChI is InChI=1S/C13H15N3O3/c1-16(7-6-12(17)18)8-11-14-10-5-3-2-4-9(10)13(19)15-11/h2-5H,6-8H2,1H3,(H,17,18)(H,14,15,19). The number of aromatic amines is 1. The minimum atomic E-state index is -0.841. The zero-order valence-corrected chi connectivity index (χ0v) is 10.6. The Morgan fingerprint density at radius 3 is 2.89 bits per heavy atom. The van der Waals surface area contributed by atoms with E-state index in [9.17, 15) is 9.59 Å². The third-order valence-electron chi connectivity index (χ3n) is 2.79. The Balaban J connectivity index is 2.17. The molecule has 0 aliphatic carbocycles. The molecule has 1 aromatic carbocycles. The monoisotopic (exact) mass is 261 g/mol. The molecule has 0 bridgehead atoms. The van der Waals surface area contributed by atoms with Crippen molar-refractivity contribution in [3.05, 3.63) is 40.4 Å². The summed E-state index contributed by atoms with van der Waals surface area (Å²) in [6.45, 7) is 0.819. The summed E-state index contributed by atoms with van der Waals surface area (Å²) in [6.07, 6.45) is 0.0638. The Kier molecular flexibility index (Phi) is 3.91. The molecule has 1 heterocycles. The maximum absolute atomic E-state index is 11.8. The number of benzene rings is 1. The maximum atomic E-state index is 11.8. The van der Waals surface area contributed by atoms with Gasteiger partial charge in [-0.05, 0) is 19.2 Å². The SMILES string of the molecule is CN(CCC(=O)O)Cc1nc2ccccc2c(=O)[nH]1. The first-order chi connectivity index (χ1) is 9.06. The van der Waals surface area contributed by atoms with Gasteiger partial charge in [0.1, 0.15) is 5.82 Å². The average molecular weight is 261 g/mol.